The van der Waals surface area contributed by atoms with Gasteiger partial charge in [-0.1, -0.05) is 15.9 Å². The fourth-order valence-electron chi connectivity index (χ4n) is 0.923. The maximum Gasteiger partial charge on any atom is 0.398 e. The van der Waals surface area contributed by atoms with E-state index in [0.717, 1.165) is 4.47 Å². The van der Waals surface area contributed by atoms with Crippen LogP contribution in [0.15, 0.2) is 27.6 Å². The Morgan fingerprint density at radius 3 is 2.60 bits per heavy atom. The molecular formula is C9H8BrF3OS. The van der Waals surface area contributed by atoms with Gasteiger partial charge in [0.05, 0.1) is 17.8 Å². The van der Waals surface area contributed by atoms with E-state index in [9.17, 15) is 13.2 Å². The topological polar surface area (TPSA) is 9.23 Å². The smallest absolute Gasteiger partial charge is 0.398 e. The van der Waals surface area contributed by atoms with E-state index in [4.69, 9.17) is 4.74 Å². The zero-order valence-electron chi connectivity index (χ0n) is 7.77. The van der Waals surface area contributed by atoms with Crippen molar-refractivity contribution in [1.29, 1.82) is 0 Å². The van der Waals surface area contributed by atoms with Gasteiger partial charge in [0, 0.05) is 4.47 Å². The van der Waals surface area contributed by atoms with Gasteiger partial charge in [0.1, 0.15) is 5.75 Å². The number of halogens is 4. The summed E-state index contributed by atoms with van der Waals surface area (Å²) in [4.78, 5) is 0.476. The predicted molar refractivity (Wildman–Crippen MR) is 57.5 cm³/mol. The molecule has 1 aromatic rings. The molecule has 15 heavy (non-hydrogen) atoms. The first-order valence-corrected chi connectivity index (χ1v) is 5.73. The van der Waals surface area contributed by atoms with Crippen LogP contribution in [0.25, 0.3) is 0 Å². The zero-order valence-corrected chi connectivity index (χ0v) is 10.2. The molecule has 84 valence electrons. The van der Waals surface area contributed by atoms with Gasteiger partial charge < -0.3 is 4.74 Å². The highest BCUT2D eigenvalue weighted by Gasteiger charge is 2.27. The predicted octanol–water partition coefficient (Wildman–Crippen LogP) is 4.11. The van der Waals surface area contributed by atoms with Crippen molar-refractivity contribution in [3.05, 3.63) is 22.7 Å². The first-order valence-electron chi connectivity index (χ1n) is 3.95. The quantitative estimate of drug-likeness (QED) is 0.777. The molecule has 0 aromatic heterocycles. The first-order chi connectivity index (χ1) is 6.92. The van der Waals surface area contributed by atoms with E-state index in [1.807, 2.05) is 0 Å². The Hall–Kier alpha value is -0.360. The molecule has 0 bridgehead atoms. The summed E-state index contributed by atoms with van der Waals surface area (Å²) >= 11 is 3.91. The van der Waals surface area contributed by atoms with Crippen LogP contribution in [0.4, 0.5) is 13.2 Å². The van der Waals surface area contributed by atoms with Crippen LogP contribution in [0.2, 0.25) is 0 Å². The van der Waals surface area contributed by atoms with Gasteiger partial charge in [0.2, 0.25) is 0 Å². The molecule has 0 unspecified atom stereocenters. The standard InChI is InChI=1S/C9H8BrF3OS/c1-14-7-3-2-6(10)4-8(7)15-5-9(11,12)13/h2-4H,5H2,1H3. The average Bonchev–Trinajstić information content (AvgIpc) is 2.14. The Morgan fingerprint density at radius 2 is 2.07 bits per heavy atom. The molecule has 0 saturated heterocycles. The third-order valence-corrected chi connectivity index (χ3v) is 3.11. The molecule has 6 heteroatoms. The largest absolute Gasteiger partial charge is 0.496 e. The second kappa shape index (κ2) is 5.12. The van der Waals surface area contributed by atoms with Gasteiger partial charge in [0.15, 0.2) is 0 Å². The second-order valence-electron chi connectivity index (χ2n) is 2.70. The molecule has 0 fully saturated rings. The number of ether oxygens (including phenoxy) is 1. The number of alkyl halides is 3. The van der Waals surface area contributed by atoms with Crippen LogP contribution < -0.4 is 4.74 Å². The SMILES string of the molecule is COc1ccc(Br)cc1SCC(F)(F)F. The fourth-order valence-corrected chi connectivity index (χ4v) is 2.26. The Bertz CT molecular complexity index is 341. The Morgan fingerprint density at radius 1 is 1.40 bits per heavy atom. The summed E-state index contributed by atoms with van der Waals surface area (Å²) in [7, 11) is 1.43. The summed E-state index contributed by atoms with van der Waals surface area (Å²) in [6.45, 7) is 0. The first kappa shape index (κ1) is 12.7. The third-order valence-electron chi connectivity index (χ3n) is 1.52. The van der Waals surface area contributed by atoms with Crippen molar-refractivity contribution < 1.29 is 17.9 Å². The van der Waals surface area contributed by atoms with Crippen LogP contribution in [0.5, 0.6) is 5.75 Å². The number of hydrogen-bond donors (Lipinski definition) is 0. The van der Waals surface area contributed by atoms with Crippen LogP contribution in [0, 0.1) is 0 Å². The van der Waals surface area contributed by atoms with E-state index >= 15 is 0 Å². The molecule has 0 spiro atoms. The lowest BCUT2D eigenvalue weighted by molar-refractivity contribution is -0.105. The molecule has 0 saturated carbocycles. The molecule has 0 atom stereocenters. The van der Waals surface area contributed by atoms with E-state index < -0.39 is 11.9 Å². The Balaban J connectivity index is 2.79. The second-order valence-corrected chi connectivity index (χ2v) is 4.63. The molecule has 0 aliphatic carbocycles. The van der Waals surface area contributed by atoms with Gasteiger partial charge >= 0.3 is 6.18 Å². The number of hydrogen-bond acceptors (Lipinski definition) is 2. The minimum Gasteiger partial charge on any atom is -0.496 e. The summed E-state index contributed by atoms with van der Waals surface area (Å²) in [5.41, 5.74) is 0. The zero-order chi connectivity index (χ0) is 11.5. The molecule has 1 nitrogen and oxygen atoms in total. The van der Waals surface area contributed by atoms with E-state index in [1.54, 1.807) is 18.2 Å². The van der Waals surface area contributed by atoms with Crippen molar-refractivity contribution in [3.8, 4) is 5.75 Å². The van der Waals surface area contributed by atoms with Crippen LogP contribution in [-0.4, -0.2) is 19.0 Å². The third kappa shape index (κ3) is 4.34. The summed E-state index contributed by atoms with van der Waals surface area (Å²) in [6, 6.07) is 4.95. The van der Waals surface area contributed by atoms with Crippen molar-refractivity contribution in [2.24, 2.45) is 0 Å². The minimum atomic E-state index is -4.17. The van der Waals surface area contributed by atoms with Gasteiger partial charge in [0.25, 0.3) is 0 Å². The lowest BCUT2D eigenvalue weighted by Gasteiger charge is -2.10. The number of thioether (sulfide) groups is 1. The number of benzene rings is 1. The fraction of sp³-hybridized carbons (Fsp3) is 0.333. The molecule has 1 rings (SSSR count). The monoisotopic (exact) mass is 300 g/mol. The normalized spacial score (nSPS) is 11.5. The minimum absolute atomic E-state index is 0.451. The van der Waals surface area contributed by atoms with Gasteiger partial charge in [-0.05, 0) is 18.2 Å². The highest BCUT2D eigenvalue weighted by molar-refractivity contribution is 9.10. The van der Waals surface area contributed by atoms with Crippen LogP contribution in [-0.2, 0) is 0 Å². The lowest BCUT2D eigenvalue weighted by atomic mass is 10.3. The summed E-state index contributed by atoms with van der Waals surface area (Å²) < 4.78 is 41.7. The molecule has 0 heterocycles. The van der Waals surface area contributed by atoms with Gasteiger partial charge in [-0.25, -0.2) is 0 Å². The number of rotatable bonds is 3. The molecule has 0 amide bonds. The molecule has 0 aliphatic heterocycles. The molecular weight excluding hydrogens is 293 g/mol. The van der Waals surface area contributed by atoms with Crippen molar-refractivity contribution in [2.75, 3.05) is 12.9 Å². The van der Waals surface area contributed by atoms with Crippen LogP contribution >= 0.6 is 27.7 Å². The maximum absolute atomic E-state index is 12.0. The van der Waals surface area contributed by atoms with Crippen molar-refractivity contribution in [3.63, 3.8) is 0 Å². The van der Waals surface area contributed by atoms with Gasteiger partial charge in [-0.2, -0.15) is 13.2 Å². The van der Waals surface area contributed by atoms with E-state index in [0.29, 0.717) is 22.4 Å². The van der Waals surface area contributed by atoms with Gasteiger partial charge in [-0.3, -0.25) is 0 Å². The molecule has 1 aromatic carbocycles. The van der Waals surface area contributed by atoms with Crippen molar-refractivity contribution in [2.45, 2.75) is 11.1 Å². The summed E-state index contributed by atoms with van der Waals surface area (Å²) in [6.07, 6.45) is -4.17. The lowest BCUT2D eigenvalue weighted by Crippen LogP contribution is -2.10. The Labute approximate surface area is 98.1 Å². The van der Waals surface area contributed by atoms with E-state index in [2.05, 4.69) is 15.9 Å². The van der Waals surface area contributed by atoms with Crippen LogP contribution in [0.3, 0.4) is 0 Å². The summed E-state index contributed by atoms with van der Waals surface area (Å²) in [5, 5.41) is 0. The van der Waals surface area contributed by atoms with E-state index in [-0.39, 0.29) is 0 Å². The average molecular weight is 301 g/mol. The molecule has 0 N–H and O–H groups in total. The van der Waals surface area contributed by atoms with Crippen molar-refractivity contribution in [1.82, 2.24) is 0 Å². The maximum atomic E-state index is 12.0. The van der Waals surface area contributed by atoms with Gasteiger partial charge in [-0.15, -0.1) is 11.8 Å². The highest BCUT2D eigenvalue weighted by Crippen LogP contribution is 2.35. The molecule has 0 aliphatic rings. The molecule has 0 radical (unpaired) electrons. The summed E-state index contributed by atoms with van der Waals surface area (Å²) in [5.74, 6) is -0.466. The van der Waals surface area contributed by atoms with Crippen LogP contribution in [0.1, 0.15) is 0 Å². The Kier molecular flexibility index (Phi) is 4.33. The number of methoxy groups -OCH3 is 1. The van der Waals surface area contributed by atoms with E-state index in [1.165, 1.54) is 7.11 Å². The highest BCUT2D eigenvalue weighted by atomic mass is 79.9. The van der Waals surface area contributed by atoms with Crippen molar-refractivity contribution >= 4 is 27.7 Å².